The second-order valence-corrected chi connectivity index (χ2v) is 4.05. The van der Waals surface area contributed by atoms with E-state index in [1.54, 1.807) is 0 Å². The van der Waals surface area contributed by atoms with E-state index in [9.17, 15) is 0 Å². The van der Waals surface area contributed by atoms with Crippen LogP contribution in [0.5, 0.6) is 0 Å². The highest BCUT2D eigenvalue weighted by molar-refractivity contribution is 5.82. The van der Waals surface area contributed by atoms with Gasteiger partial charge >= 0.3 is 0 Å². The van der Waals surface area contributed by atoms with E-state index in [0.717, 1.165) is 25.2 Å². The fourth-order valence-electron chi connectivity index (χ4n) is 1.69. The molecule has 2 N–H and O–H groups in total. The number of hydrogen-bond acceptors (Lipinski definition) is 1. The zero-order valence-electron chi connectivity index (χ0n) is 9.88. The highest BCUT2D eigenvalue weighted by atomic mass is 14.8. The van der Waals surface area contributed by atoms with Crippen molar-refractivity contribution in [3.63, 3.8) is 0 Å². The number of nitrogens with zero attached hydrogens (tertiary/aromatic N) is 1. The van der Waals surface area contributed by atoms with Crippen molar-refractivity contribution in [2.24, 2.45) is 10.7 Å². The lowest BCUT2D eigenvalue weighted by molar-refractivity contribution is 0.924. The van der Waals surface area contributed by atoms with E-state index >= 15 is 0 Å². The summed E-state index contributed by atoms with van der Waals surface area (Å²) in [5, 5.41) is 0. The number of aliphatic imine (C=N–C) groups is 1. The molecule has 1 rings (SSSR count). The van der Waals surface area contributed by atoms with Crippen LogP contribution in [0.2, 0.25) is 0 Å². The molecule has 0 aromatic heterocycles. The molecule has 0 saturated heterocycles. The Bertz CT molecular complexity index is 333. The summed E-state index contributed by atoms with van der Waals surface area (Å²) < 4.78 is 0. The third-order valence-electron chi connectivity index (χ3n) is 2.21. The minimum Gasteiger partial charge on any atom is -0.387 e. The lowest BCUT2D eigenvalue weighted by atomic mass is 10.0. The van der Waals surface area contributed by atoms with Crippen LogP contribution < -0.4 is 5.73 Å². The molecule has 0 amide bonds. The average molecular weight is 204 g/mol. The first kappa shape index (κ1) is 11.8. The zero-order valence-corrected chi connectivity index (χ0v) is 9.88. The highest BCUT2D eigenvalue weighted by Crippen LogP contribution is 2.09. The van der Waals surface area contributed by atoms with Crippen LogP contribution in [0.15, 0.2) is 23.2 Å². The van der Waals surface area contributed by atoms with Crippen LogP contribution in [0, 0.1) is 13.8 Å². The van der Waals surface area contributed by atoms with Crippen molar-refractivity contribution < 1.29 is 0 Å². The van der Waals surface area contributed by atoms with Gasteiger partial charge in [-0.1, -0.05) is 36.2 Å². The Kier molecular flexibility index (Phi) is 4.35. The monoisotopic (exact) mass is 204 g/mol. The summed E-state index contributed by atoms with van der Waals surface area (Å²) in [4.78, 5) is 4.29. The molecule has 0 radical (unpaired) electrons. The lowest BCUT2D eigenvalue weighted by Crippen LogP contribution is -2.15. The first-order valence-electron chi connectivity index (χ1n) is 5.47. The van der Waals surface area contributed by atoms with E-state index < -0.39 is 0 Å². The van der Waals surface area contributed by atoms with E-state index in [1.165, 1.54) is 16.7 Å². The molecule has 0 bridgehead atoms. The van der Waals surface area contributed by atoms with E-state index in [1.807, 2.05) is 0 Å². The number of hydrogen-bond donors (Lipinski definition) is 1. The van der Waals surface area contributed by atoms with Gasteiger partial charge in [0.1, 0.15) is 0 Å². The van der Waals surface area contributed by atoms with Gasteiger partial charge < -0.3 is 5.73 Å². The fraction of sp³-hybridized carbons (Fsp3) is 0.462. The molecule has 1 aromatic rings. The molecule has 0 unspecified atom stereocenters. The molecule has 0 saturated carbocycles. The Labute approximate surface area is 92.2 Å². The summed E-state index contributed by atoms with van der Waals surface area (Å²) >= 11 is 0. The molecule has 0 spiro atoms. The molecule has 2 nitrogen and oxygen atoms in total. The number of aryl methyl sites for hydroxylation is 2. The van der Waals surface area contributed by atoms with E-state index in [-0.39, 0.29) is 0 Å². The van der Waals surface area contributed by atoms with Gasteiger partial charge in [-0.2, -0.15) is 0 Å². The molecular weight excluding hydrogens is 184 g/mol. The smallest absolute Gasteiger partial charge is 0.0981 e. The molecule has 1 aromatic carbocycles. The van der Waals surface area contributed by atoms with Crippen LogP contribution in [0.3, 0.4) is 0 Å². The van der Waals surface area contributed by atoms with Crippen molar-refractivity contribution in [3.8, 4) is 0 Å². The minimum absolute atomic E-state index is 0.738. The predicted octanol–water partition coefficient (Wildman–Crippen LogP) is 2.61. The van der Waals surface area contributed by atoms with Gasteiger partial charge in [0.05, 0.1) is 5.84 Å². The minimum atomic E-state index is 0.738. The SMILES string of the molecule is CCCN=C(N)Cc1cc(C)cc(C)c1. The van der Waals surface area contributed by atoms with Crippen LogP contribution in [0.4, 0.5) is 0 Å². The number of rotatable bonds is 4. The molecular formula is C13H20N2. The van der Waals surface area contributed by atoms with Crippen molar-refractivity contribution in [1.82, 2.24) is 0 Å². The molecule has 15 heavy (non-hydrogen) atoms. The number of amidine groups is 1. The highest BCUT2D eigenvalue weighted by Gasteiger charge is 1.98. The van der Waals surface area contributed by atoms with Gasteiger partial charge in [-0.05, 0) is 25.8 Å². The maximum absolute atomic E-state index is 5.84. The molecule has 0 atom stereocenters. The third kappa shape index (κ3) is 4.15. The van der Waals surface area contributed by atoms with Crippen molar-refractivity contribution in [2.45, 2.75) is 33.6 Å². The van der Waals surface area contributed by atoms with Crippen LogP contribution in [0.1, 0.15) is 30.0 Å². The standard InChI is InChI=1S/C13H20N2/c1-4-5-15-13(14)9-12-7-10(2)6-11(3)8-12/h6-8H,4-5,9H2,1-3H3,(H2,14,15). The fourth-order valence-corrected chi connectivity index (χ4v) is 1.69. The largest absolute Gasteiger partial charge is 0.387 e. The van der Waals surface area contributed by atoms with Gasteiger partial charge in [-0.15, -0.1) is 0 Å². The topological polar surface area (TPSA) is 38.4 Å². The normalized spacial score (nSPS) is 11.8. The van der Waals surface area contributed by atoms with Gasteiger partial charge in [-0.3, -0.25) is 4.99 Å². The Morgan fingerprint density at radius 1 is 1.20 bits per heavy atom. The van der Waals surface area contributed by atoms with Gasteiger partial charge in [0.15, 0.2) is 0 Å². The molecule has 0 fully saturated rings. The average Bonchev–Trinajstić information content (AvgIpc) is 2.13. The molecule has 2 heteroatoms. The quantitative estimate of drug-likeness (QED) is 0.594. The number of nitrogens with two attached hydrogens (primary N) is 1. The van der Waals surface area contributed by atoms with E-state index in [2.05, 4.69) is 44.0 Å². The van der Waals surface area contributed by atoms with Crippen molar-refractivity contribution >= 4 is 5.84 Å². The second kappa shape index (κ2) is 5.54. The summed E-state index contributed by atoms with van der Waals surface area (Å²) in [6.07, 6.45) is 1.82. The van der Waals surface area contributed by atoms with Crippen molar-refractivity contribution in [2.75, 3.05) is 6.54 Å². The maximum Gasteiger partial charge on any atom is 0.0981 e. The summed E-state index contributed by atoms with van der Waals surface area (Å²) in [7, 11) is 0. The van der Waals surface area contributed by atoms with Crippen molar-refractivity contribution in [1.29, 1.82) is 0 Å². The Balaban J connectivity index is 2.72. The van der Waals surface area contributed by atoms with Crippen LogP contribution in [-0.2, 0) is 6.42 Å². The lowest BCUT2D eigenvalue weighted by Gasteiger charge is -2.04. The summed E-state index contributed by atoms with van der Waals surface area (Å²) in [5.74, 6) is 0.738. The summed E-state index contributed by atoms with van der Waals surface area (Å²) in [5.41, 5.74) is 9.67. The third-order valence-corrected chi connectivity index (χ3v) is 2.21. The first-order chi connectivity index (χ1) is 7.11. The van der Waals surface area contributed by atoms with Crippen LogP contribution >= 0.6 is 0 Å². The van der Waals surface area contributed by atoms with Crippen molar-refractivity contribution in [3.05, 3.63) is 34.9 Å². The summed E-state index contributed by atoms with van der Waals surface area (Å²) in [6, 6.07) is 6.51. The molecule has 0 aliphatic heterocycles. The molecule has 0 heterocycles. The number of benzene rings is 1. The Morgan fingerprint density at radius 2 is 1.80 bits per heavy atom. The maximum atomic E-state index is 5.84. The van der Waals surface area contributed by atoms with Crippen LogP contribution in [-0.4, -0.2) is 12.4 Å². The van der Waals surface area contributed by atoms with Crippen LogP contribution in [0.25, 0.3) is 0 Å². The zero-order chi connectivity index (χ0) is 11.3. The predicted molar refractivity (Wildman–Crippen MR) is 66.4 cm³/mol. The van der Waals surface area contributed by atoms with E-state index in [0.29, 0.717) is 0 Å². The van der Waals surface area contributed by atoms with E-state index in [4.69, 9.17) is 5.73 Å². The molecule has 0 aliphatic rings. The Hall–Kier alpha value is -1.31. The summed E-state index contributed by atoms with van der Waals surface area (Å²) in [6.45, 7) is 7.15. The van der Waals surface area contributed by atoms with Gasteiger partial charge in [0.25, 0.3) is 0 Å². The van der Waals surface area contributed by atoms with Gasteiger partial charge in [0.2, 0.25) is 0 Å². The second-order valence-electron chi connectivity index (χ2n) is 4.05. The first-order valence-corrected chi connectivity index (χ1v) is 5.47. The Morgan fingerprint density at radius 3 is 2.33 bits per heavy atom. The van der Waals surface area contributed by atoms with Gasteiger partial charge in [-0.25, -0.2) is 0 Å². The molecule has 0 aliphatic carbocycles. The van der Waals surface area contributed by atoms with Gasteiger partial charge in [0, 0.05) is 13.0 Å². The molecule has 82 valence electrons.